The summed E-state index contributed by atoms with van der Waals surface area (Å²) in [5.41, 5.74) is -0.550. The van der Waals surface area contributed by atoms with E-state index in [1.165, 1.54) is 12.3 Å². The Kier molecular flexibility index (Phi) is 4.61. The molecule has 0 bridgehead atoms. The predicted molar refractivity (Wildman–Crippen MR) is 75.0 cm³/mol. The summed E-state index contributed by atoms with van der Waals surface area (Å²) in [7, 11) is 0. The summed E-state index contributed by atoms with van der Waals surface area (Å²) in [6, 6.07) is 3.83. The molecule has 0 aliphatic heterocycles. The maximum absolute atomic E-state index is 11.2. The van der Waals surface area contributed by atoms with Crippen LogP contribution in [0, 0.1) is 11.3 Å². The maximum atomic E-state index is 11.2. The second-order valence-corrected chi connectivity index (χ2v) is 6.09. The van der Waals surface area contributed by atoms with Gasteiger partial charge in [-0.05, 0) is 32.2 Å². The van der Waals surface area contributed by atoms with E-state index in [9.17, 15) is 10.1 Å². The molecule has 0 spiro atoms. The van der Waals surface area contributed by atoms with Gasteiger partial charge in [-0.25, -0.2) is 4.98 Å². The molecule has 2 atom stereocenters. The molecule has 2 unspecified atom stereocenters. The Labute approximate surface area is 116 Å². The van der Waals surface area contributed by atoms with Crippen molar-refractivity contribution in [3.05, 3.63) is 22.6 Å². The van der Waals surface area contributed by atoms with Crippen molar-refractivity contribution in [3.63, 3.8) is 0 Å². The van der Waals surface area contributed by atoms with Gasteiger partial charge in [-0.2, -0.15) is 5.26 Å². The monoisotopic (exact) mass is 278 g/mol. The van der Waals surface area contributed by atoms with Crippen molar-refractivity contribution in [1.82, 2.24) is 15.3 Å². The summed E-state index contributed by atoms with van der Waals surface area (Å²) in [6.45, 7) is 2.82. The molecule has 0 aromatic carbocycles. The van der Waals surface area contributed by atoms with Crippen LogP contribution in [-0.4, -0.2) is 27.3 Å². The van der Waals surface area contributed by atoms with Crippen LogP contribution in [-0.2, 0) is 0 Å². The van der Waals surface area contributed by atoms with E-state index >= 15 is 0 Å². The lowest BCUT2D eigenvalue weighted by Gasteiger charge is -2.35. The Morgan fingerprint density at radius 1 is 1.74 bits per heavy atom. The summed E-state index contributed by atoms with van der Waals surface area (Å²) >= 11 is 1.56. The molecule has 1 aliphatic rings. The van der Waals surface area contributed by atoms with Gasteiger partial charge in [0.05, 0.1) is 6.07 Å². The first kappa shape index (κ1) is 14.1. The number of nitrogens with zero attached hydrogens (tertiary/aromatic N) is 2. The van der Waals surface area contributed by atoms with Crippen molar-refractivity contribution in [2.75, 3.05) is 6.54 Å². The van der Waals surface area contributed by atoms with Crippen LogP contribution < -0.4 is 10.9 Å². The molecule has 1 saturated carbocycles. The minimum atomic E-state index is -0.417. The molecule has 1 aromatic rings. The van der Waals surface area contributed by atoms with Crippen molar-refractivity contribution in [2.24, 2.45) is 0 Å². The molecule has 1 aromatic heterocycles. The SMILES string of the molecule is CCNC1(C#N)CCCC(Sc2nccc(=O)[nH]2)C1. The Hall–Kier alpha value is -1.32. The highest BCUT2D eigenvalue weighted by Gasteiger charge is 2.36. The molecular weight excluding hydrogens is 260 g/mol. The van der Waals surface area contributed by atoms with Crippen LogP contribution in [0.25, 0.3) is 0 Å². The van der Waals surface area contributed by atoms with Crippen molar-refractivity contribution >= 4 is 11.8 Å². The first-order valence-corrected chi connectivity index (χ1v) is 7.44. The van der Waals surface area contributed by atoms with Gasteiger partial charge in [0.2, 0.25) is 0 Å². The summed E-state index contributed by atoms with van der Waals surface area (Å²) in [4.78, 5) is 18.1. The van der Waals surface area contributed by atoms with Crippen LogP contribution >= 0.6 is 11.8 Å². The summed E-state index contributed by atoms with van der Waals surface area (Å²) in [5.74, 6) is 0. The Morgan fingerprint density at radius 3 is 3.26 bits per heavy atom. The highest BCUT2D eigenvalue weighted by molar-refractivity contribution is 7.99. The van der Waals surface area contributed by atoms with Gasteiger partial charge in [0.1, 0.15) is 5.54 Å². The molecule has 2 rings (SSSR count). The van der Waals surface area contributed by atoms with Gasteiger partial charge in [0.15, 0.2) is 5.16 Å². The van der Waals surface area contributed by atoms with Gasteiger partial charge in [-0.15, -0.1) is 0 Å². The van der Waals surface area contributed by atoms with Gasteiger partial charge < -0.3 is 4.98 Å². The lowest BCUT2D eigenvalue weighted by atomic mass is 9.82. The molecule has 102 valence electrons. The standard InChI is InChI=1S/C13H18N4OS/c1-2-16-13(9-14)6-3-4-10(8-13)19-12-15-7-5-11(18)17-12/h5,7,10,16H,2-4,6,8H2,1H3,(H,15,17,18). The van der Waals surface area contributed by atoms with Crippen LogP contribution in [0.3, 0.4) is 0 Å². The summed E-state index contributed by atoms with van der Waals surface area (Å²) in [6.07, 6.45) is 5.28. The molecule has 19 heavy (non-hydrogen) atoms. The number of thioether (sulfide) groups is 1. The molecule has 0 amide bonds. The number of hydrogen-bond donors (Lipinski definition) is 2. The number of nitriles is 1. The van der Waals surface area contributed by atoms with E-state index in [4.69, 9.17) is 0 Å². The molecule has 2 N–H and O–H groups in total. The van der Waals surface area contributed by atoms with Crippen molar-refractivity contribution in [3.8, 4) is 6.07 Å². The zero-order valence-corrected chi connectivity index (χ0v) is 11.8. The number of H-pyrrole nitrogens is 1. The van der Waals surface area contributed by atoms with Gasteiger partial charge in [0, 0.05) is 17.5 Å². The van der Waals surface area contributed by atoms with Gasteiger partial charge in [-0.1, -0.05) is 18.7 Å². The molecular formula is C13H18N4OS. The van der Waals surface area contributed by atoms with Gasteiger partial charge >= 0.3 is 0 Å². The molecule has 1 heterocycles. The molecule has 1 fully saturated rings. The van der Waals surface area contributed by atoms with Gasteiger partial charge in [0.25, 0.3) is 5.56 Å². The number of aromatic amines is 1. The third-order valence-corrected chi connectivity index (χ3v) is 4.53. The highest BCUT2D eigenvalue weighted by Crippen LogP contribution is 2.36. The quantitative estimate of drug-likeness (QED) is 0.819. The first-order chi connectivity index (χ1) is 9.17. The highest BCUT2D eigenvalue weighted by atomic mass is 32.2. The van der Waals surface area contributed by atoms with E-state index in [0.29, 0.717) is 10.4 Å². The minimum absolute atomic E-state index is 0.133. The average Bonchev–Trinajstić information content (AvgIpc) is 2.39. The third-order valence-electron chi connectivity index (χ3n) is 3.36. The smallest absolute Gasteiger partial charge is 0.251 e. The second kappa shape index (κ2) is 6.22. The van der Waals surface area contributed by atoms with Crippen LogP contribution in [0.5, 0.6) is 0 Å². The number of aromatic nitrogens is 2. The summed E-state index contributed by atoms with van der Waals surface area (Å²) in [5, 5.41) is 13.7. The van der Waals surface area contributed by atoms with E-state index in [0.717, 1.165) is 32.2 Å². The fourth-order valence-electron chi connectivity index (χ4n) is 2.53. The van der Waals surface area contributed by atoms with Crippen LogP contribution in [0.1, 0.15) is 32.6 Å². The maximum Gasteiger partial charge on any atom is 0.251 e. The largest absolute Gasteiger partial charge is 0.301 e. The molecule has 0 saturated heterocycles. The van der Waals surface area contributed by atoms with Crippen LogP contribution in [0.4, 0.5) is 0 Å². The van der Waals surface area contributed by atoms with E-state index in [1.807, 2.05) is 6.92 Å². The molecule has 6 heteroatoms. The van der Waals surface area contributed by atoms with Crippen LogP contribution in [0.2, 0.25) is 0 Å². The topological polar surface area (TPSA) is 81.6 Å². The van der Waals surface area contributed by atoms with E-state index in [1.54, 1.807) is 11.8 Å². The van der Waals surface area contributed by atoms with Crippen molar-refractivity contribution in [1.29, 1.82) is 5.26 Å². The zero-order chi connectivity index (χ0) is 13.7. The van der Waals surface area contributed by atoms with Crippen molar-refractivity contribution in [2.45, 2.75) is 48.6 Å². The minimum Gasteiger partial charge on any atom is -0.301 e. The molecule has 0 radical (unpaired) electrons. The number of hydrogen-bond acceptors (Lipinski definition) is 5. The fraction of sp³-hybridized carbons (Fsp3) is 0.615. The fourth-order valence-corrected chi connectivity index (χ4v) is 3.78. The lowest BCUT2D eigenvalue weighted by Crippen LogP contribution is -2.48. The number of rotatable bonds is 4. The van der Waals surface area contributed by atoms with E-state index < -0.39 is 5.54 Å². The second-order valence-electron chi connectivity index (χ2n) is 4.80. The summed E-state index contributed by atoms with van der Waals surface area (Å²) < 4.78 is 0. The average molecular weight is 278 g/mol. The van der Waals surface area contributed by atoms with E-state index in [-0.39, 0.29) is 5.56 Å². The first-order valence-electron chi connectivity index (χ1n) is 6.56. The number of nitrogens with one attached hydrogen (secondary N) is 2. The lowest BCUT2D eigenvalue weighted by molar-refractivity contribution is 0.309. The molecule has 1 aliphatic carbocycles. The third kappa shape index (κ3) is 3.58. The zero-order valence-electron chi connectivity index (χ0n) is 11.0. The predicted octanol–water partition coefficient (Wildman–Crippen LogP) is 1.68. The van der Waals surface area contributed by atoms with E-state index in [2.05, 4.69) is 21.4 Å². The Balaban J connectivity index is 2.05. The normalized spacial score (nSPS) is 26.8. The van der Waals surface area contributed by atoms with Gasteiger partial charge in [-0.3, -0.25) is 10.1 Å². The Morgan fingerprint density at radius 2 is 2.58 bits per heavy atom. The van der Waals surface area contributed by atoms with Crippen molar-refractivity contribution < 1.29 is 0 Å². The Bertz CT molecular complexity index is 520. The van der Waals surface area contributed by atoms with Crippen LogP contribution in [0.15, 0.2) is 22.2 Å². The molecule has 5 nitrogen and oxygen atoms in total.